The van der Waals surface area contributed by atoms with Gasteiger partial charge < -0.3 is 4.90 Å². The predicted molar refractivity (Wildman–Crippen MR) is 97.4 cm³/mol. The quantitative estimate of drug-likeness (QED) is 0.204. The Balaban J connectivity index is 4.96. The fourth-order valence-corrected chi connectivity index (χ4v) is 3.20. The Morgan fingerprint density at radius 3 is 2.04 bits per heavy atom. The highest BCUT2D eigenvalue weighted by molar-refractivity contribution is 7.85. The van der Waals surface area contributed by atoms with Crippen LogP contribution in [0.1, 0.15) is 52.9 Å². The fraction of sp³-hybridized carbons (Fsp3) is 0.938. The molecule has 0 bridgehead atoms. The van der Waals surface area contributed by atoms with Crippen LogP contribution in [0.4, 0.5) is 0 Å². The summed E-state index contributed by atoms with van der Waals surface area (Å²) in [5.41, 5.74) is 0. The summed E-state index contributed by atoms with van der Waals surface area (Å²) in [4.78, 5) is 7.19. The van der Waals surface area contributed by atoms with E-state index in [1.165, 1.54) is 0 Å². The van der Waals surface area contributed by atoms with Crippen molar-refractivity contribution in [1.82, 2.24) is 4.90 Å². The van der Waals surface area contributed by atoms with Crippen molar-refractivity contribution in [2.24, 2.45) is 4.99 Å². The van der Waals surface area contributed by atoms with E-state index in [4.69, 9.17) is 9.55 Å². The van der Waals surface area contributed by atoms with Gasteiger partial charge in [0.25, 0.3) is 16.1 Å². The number of aliphatic imine (C=N–C) groups is 1. The Morgan fingerprint density at radius 1 is 1.04 bits per heavy atom. The highest BCUT2D eigenvalue weighted by atomic mass is 32.2. The molecule has 0 radical (unpaired) electrons. The largest absolute Gasteiger partial charge is 0.311 e. The van der Waals surface area contributed by atoms with Crippen molar-refractivity contribution in [2.45, 2.75) is 52.9 Å². The van der Waals surface area contributed by atoms with E-state index < -0.39 is 10.1 Å². The second-order valence-electron chi connectivity index (χ2n) is 6.57. The zero-order valence-electron chi connectivity index (χ0n) is 15.6. The van der Waals surface area contributed by atoms with Gasteiger partial charge in [-0.05, 0) is 32.1 Å². The first-order valence-electron chi connectivity index (χ1n) is 8.76. The van der Waals surface area contributed by atoms with Crippen LogP contribution in [0.2, 0.25) is 0 Å². The first-order chi connectivity index (χ1) is 10.7. The maximum Gasteiger partial charge on any atom is 0.299 e. The third-order valence-electron chi connectivity index (χ3n) is 3.66. The number of hydrogen-bond donors (Lipinski definition) is 1. The Bertz CT molecular complexity index is 441. The third kappa shape index (κ3) is 9.94. The lowest BCUT2D eigenvalue weighted by molar-refractivity contribution is -0.805. The van der Waals surface area contributed by atoms with Crippen molar-refractivity contribution >= 4 is 16.1 Å². The second-order valence-corrected chi connectivity index (χ2v) is 8.14. The number of guanidine groups is 1. The SMILES string of the molecule is CCCN=C(N(CCC)CCC)[N+](C)(C)CCCCS(=O)(=O)O. The maximum absolute atomic E-state index is 10.8. The van der Waals surface area contributed by atoms with Gasteiger partial charge in [0.05, 0.1) is 26.4 Å². The van der Waals surface area contributed by atoms with E-state index in [0.717, 1.165) is 57.8 Å². The van der Waals surface area contributed by atoms with Crippen LogP contribution in [0.15, 0.2) is 4.99 Å². The van der Waals surface area contributed by atoms with E-state index in [0.29, 0.717) is 10.9 Å². The lowest BCUT2D eigenvalue weighted by Gasteiger charge is -2.36. The molecule has 1 N–H and O–H groups in total. The van der Waals surface area contributed by atoms with E-state index in [-0.39, 0.29) is 5.75 Å². The Morgan fingerprint density at radius 2 is 1.61 bits per heavy atom. The first-order valence-corrected chi connectivity index (χ1v) is 10.4. The first kappa shape index (κ1) is 22.3. The Kier molecular flexibility index (Phi) is 10.7. The molecule has 0 spiro atoms. The van der Waals surface area contributed by atoms with Crippen molar-refractivity contribution in [1.29, 1.82) is 0 Å². The summed E-state index contributed by atoms with van der Waals surface area (Å²) in [5.74, 6) is 0.921. The zero-order chi connectivity index (χ0) is 17.9. The number of nitrogens with zero attached hydrogens (tertiary/aromatic N) is 3. The molecule has 0 atom stereocenters. The van der Waals surface area contributed by atoms with Gasteiger partial charge in [-0.25, -0.2) is 4.99 Å². The number of rotatable bonds is 11. The van der Waals surface area contributed by atoms with Gasteiger partial charge in [0.2, 0.25) is 0 Å². The average Bonchev–Trinajstić information content (AvgIpc) is 2.43. The molecule has 23 heavy (non-hydrogen) atoms. The summed E-state index contributed by atoms with van der Waals surface area (Å²) in [6.45, 7) is 10.1. The molecule has 0 aliphatic heterocycles. The van der Waals surface area contributed by atoms with E-state index in [1.54, 1.807) is 0 Å². The zero-order valence-corrected chi connectivity index (χ0v) is 16.4. The summed E-state index contributed by atoms with van der Waals surface area (Å²) in [7, 11) is 0.393. The molecule has 0 unspecified atom stereocenters. The van der Waals surface area contributed by atoms with Crippen LogP contribution in [0.25, 0.3) is 0 Å². The molecule has 0 aromatic carbocycles. The topological polar surface area (TPSA) is 70.0 Å². The molecule has 0 saturated carbocycles. The van der Waals surface area contributed by atoms with E-state index in [9.17, 15) is 8.42 Å². The predicted octanol–water partition coefficient (Wildman–Crippen LogP) is 2.62. The minimum atomic E-state index is -3.86. The third-order valence-corrected chi connectivity index (χ3v) is 4.46. The summed E-state index contributed by atoms with van der Waals surface area (Å²) < 4.78 is 31.1. The summed E-state index contributed by atoms with van der Waals surface area (Å²) in [6, 6.07) is 0. The number of hydrogen-bond acceptors (Lipinski definition) is 3. The fourth-order valence-electron chi connectivity index (χ4n) is 2.63. The van der Waals surface area contributed by atoms with Gasteiger partial charge in [-0.2, -0.15) is 8.42 Å². The molecule has 0 aromatic heterocycles. The monoisotopic (exact) mass is 350 g/mol. The minimum Gasteiger partial charge on any atom is -0.311 e. The van der Waals surface area contributed by atoms with Gasteiger partial charge in [0.15, 0.2) is 0 Å². The van der Waals surface area contributed by atoms with Crippen LogP contribution in [-0.2, 0) is 10.1 Å². The van der Waals surface area contributed by atoms with Gasteiger partial charge in [-0.15, -0.1) is 0 Å². The van der Waals surface area contributed by atoms with Crippen molar-refractivity contribution in [2.75, 3.05) is 46.0 Å². The molecule has 0 saturated heterocycles. The van der Waals surface area contributed by atoms with E-state index in [2.05, 4.69) is 39.8 Å². The van der Waals surface area contributed by atoms with Gasteiger partial charge in [0.1, 0.15) is 0 Å². The number of unbranched alkanes of at least 4 members (excludes halogenated alkanes) is 1. The average molecular weight is 351 g/mol. The summed E-state index contributed by atoms with van der Waals surface area (Å²) >= 11 is 0. The molecule has 0 aromatic rings. The van der Waals surface area contributed by atoms with Crippen LogP contribution in [0.5, 0.6) is 0 Å². The van der Waals surface area contributed by atoms with Crippen LogP contribution < -0.4 is 0 Å². The minimum absolute atomic E-state index is 0.165. The van der Waals surface area contributed by atoms with Crippen LogP contribution in [0.3, 0.4) is 0 Å². The van der Waals surface area contributed by atoms with Crippen LogP contribution >= 0.6 is 0 Å². The van der Waals surface area contributed by atoms with Crippen molar-refractivity contribution in [3.63, 3.8) is 0 Å². The van der Waals surface area contributed by atoms with Crippen LogP contribution in [0, 0.1) is 0 Å². The molecular formula is C16H36N3O3S+. The molecule has 0 rings (SSSR count). The molecule has 138 valence electrons. The standard InChI is InChI=1S/C16H35N3O3S/c1-6-11-17-16(18(12-7-2)13-8-3)19(4,5)14-9-10-15-23(20,21)22/h6-15H2,1-5H3/p+1. The molecule has 7 heteroatoms. The van der Waals surface area contributed by atoms with Crippen LogP contribution in [-0.4, -0.2) is 74.3 Å². The van der Waals surface area contributed by atoms with Crippen molar-refractivity contribution < 1.29 is 17.5 Å². The smallest absolute Gasteiger partial charge is 0.299 e. The van der Waals surface area contributed by atoms with Crippen molar-refractivity contribution in [3.8, 4) is 0 Å². The second kappa shape index (κ2) is 11.0. The molecule has 6 nitrogen and oxygen atoms in total. The molecular weight excluding hydrogens is 314 g/mol. The lowest BCUT2D eigenvalue weighted by atomic mass is 10.3. The van der Waals surface area contributed by atoms with Gasteiger partial charge in [0, 0.05) is 19.6 Å². The summed E-state index contributed by atoms with van der Waals surface area (Å²) in [6.07, 6.45) is 4.38. The molecule has 0 heterocycles. The van der Waals surface area contributed by atoms with Gasteiger partial charge in [-0.3, -0.25) is 9.04 Å². The molecule has 0 aliphatic rings. The molecule has 0 fully saturated rings. The highest BCUT2D eigenvalue weighted by Crippen LogP contribution is 2.11. The highest BCUT2D eigenvalue weighted by Gasteiger charge is 2.28. The van der Waals surface area contributed by atoms with E-state index in [1.807, 2.05) is 0 Å². The Hall–Kier alpha value is -0.660. The molecule has 0 amide bonds. The lowest BCUT2D eigenvalue weighted by Crippen LogP contribution is -2.55. The Labute approximate surface area is 142 Å². The van der Waals surface area contributed by atoms with Crippen molar-refractivity contribution in [3.05, 3.63) is 0 Å². The van der Waals surface area contributed by atoms with E-state index >= 15 is 0 Å². The van der Waals surface area contributed by atoms with Gasteiger partial charge >= 0.3 is 0 Å². The molecule has 0 aliphatic carbocycles. The normalized spacial score (nSPS) is 13.4. The summed E-state index contributed by atoms with van der Waals surface area (Å²) in [5, 5.41) is 0. The maximum atomic E-state index is 10.8. The number of quaternary nitrogens is 1. The van der Waals surface area contributed by atoms with Gasteiger partial charge in [-0.1, -0.05) is 20.8 Å².